The first kappa shape index (κ1) is 13.2. The predicted octanol–water partition coefficient (Wildman–Crippen LogP) is 3.53. The van der Waals surface area contributed by atoms with Gasteiger partial charge in [0.25, 0.3) is 0 Å². The van der Waals surface area contributed by atoms with Crippen molar-refractivity contribution < 1.29 is 0 Å². The highest BCUT2D eigenvalue weighted by atomic mass is 15.2. The van der Waals surface area contributed by atoms with Crippen molar-refractivity contribution in [3.8, 4) is 0 Å². The Bertz CT molecular complexity index is 550. The van der Waals surface area contributed by atoms with Crippen LogP contribution in [0.25, 0.3) is 0 Å². The lowest BCUT2D eigenvalue weighted by molar-refractivity contribution is 0.611. The van der Waals surface area contributed by atoms with E-state index in [1.165, 1.54) is 36.1 Å². The third-order valence-corrected chi connectivity index (χ3v) is 4.18. The van der Waals surface area contributed by atoms with E-state index in [2.05, 4.69) is 59.5 Å². The maximum Gasteiger partial charge on any atom is 0.0664 e. The van der Waals surface area contributed by atoms with Crippen LogP contribution in [-0.4, -0.2) is 13.1 Å². The van der Waals surface area contributed by atoms with E-state index in [1.54, 1.807) is 0 Å². The van der Waals surface area contributed by atoms with Crippen molar-refractivity contribution in [2.24, 2.45) is 5.73 Å². The van der Waals surface area contributed by atoms with E-state index < -0.39 is 0 Å². The van der Waals surface area contributed by atoms with E-state index in [9.17, 15) is 0 Å². The second-order valence-corrected chi connectivity index (χ2v) is 5.44. The molecule has 1 aliphatic rings. The minimum Gasteiger partial charge on any atom is -0.363 e. The molecule has 104 valence electrons. The highest BCUT2D eigenvalue weighted by Crippen LogP contribution is 2.32. The maximum atomic E-state index is 6.10. The van der Waals surface area contributed by atoms with Crippen LogP contribution in [0.1, 0.15) is 30.0 Å². The highest BCUT2D eigenvalue weighted by molar-refractivity contribution is 5.56. The Kier molecular flexibility index (Phi) is 4.03. The number of hydrogen-bond donors (Lipinski definition) is 1. The second kappa shape index (κ2) is 6.10. The molecule has 2 N–H and O–H groups in total. The van der Waals surface area contributed by atoms with E-state index >= 15 is 0 Å². The molecule has 1 aliphatic heterocycles. The molecule has 0 fully saturated rings. The van der Waals surface area contributed by atoms with Gasteiger partial charge in [-0.2, -0.15) is 0 Å². The Balaban J connectivity index is 1.99. The molecule has 2 aromatic carbocycles. The molecule has 0 aliphatic carbocycles. The fourth-order valence-electron chi connectivity index (χ4n) is 3.16. The van der Waals surface area contributed by atoms with E-state index in [0.29, 0.717) is 6.54 Å². The number of aryl methyl sites for hydroxylation is 1. The van der Waals surface area contributed by atoms with Gasteiger partial charge in [0.2, 0.25) is 0 Å². The van der Waals surface area contributed by atoms with Gasteiger partial charge in [-0.1, -0.05) is 48.5 Å². The first-order chi connectivity index (χ1) is 9.90. The SMILES string of the molecule is NCC(c1ccccc1)N1CCCCc2ccccc21. The van der Waals surface area contributed by atoms with Gasteiger partial charge < -0.3 is 10.6 Å². The summed E-state index contributed by atoms with van der Waals surface area (Å²) in [5.74, 6) is 0. The number of fused-ring (bicyclic) bond motifs is 1. The minimum atomic E-state index is 0.274. The van der Waals surface area contributed by atoms with Crippen molar-refractivity contribution in [3.05, 3.63) is 65.7 Å². The summed E-state index contributed by atoms with van der Waals surface area (Å²) in [4.78, 5) is 2.50. The molecule has 1 heterocycles. The lowest BCUT2D eigenvalue weighted by Gasteiger charge is -2.33. The Morgan fingerprint density at radius 1 is 0.950 bits per heavy atom. The van der Waals surface area contributed by atoms with Crippen LogP contribution in [0.2, 0.25) is 0 Å². The van der Waals surface area contributed by atoms with Crippen LogP contribution >= 0.6 is 0 Å². The average molecular weight is 266 g/mol. The summed E-state index contributed by atoms with van der Waals surface area (Å²) < 4.78 is 0. The van der Waals surface area contributed by atoms with Gasteiger partial charge in [0.1, 0.15) is 0 Å². The van der Waals surface area contributed by atoms with Crippen LogP contribution < -0.4 is 10.6 Å². The van der Waals surface area contributed by atoms with Gasteiger partial charge in [0, 0.05) is 18.8 Å². The molecule has 2 nitrogen and oxygen atoms in total. The molecule has 0 bridgehead atoms. The van der Waals surface area contributed by atoms with E-state index in [1.807, 2.05) is 0 Å². The molecule has 0 amide bonds. The molecular formula is C18H22N2. The minimum absolute atomic E-state index is 0.274. The maximum absolute atomic E-state index is 6.10. The largest absolute Gasteiger partial charge is 0.363 e. The number of benzene rings is 2. The average Bonchev–Trinajstić information content (AvgIpc) is 2.72. The van der Waals surface area contributed by atoms with Crippen LogP contribution in [0.5, 0.6) is 0 Å². The first-order valence-corrected chi connectivity index (χ1v) is 7.49. The fourth-order valence-corrected chi connectivity index (χ4v) is 3.16. The molecule has 2 heteroatoms. The smallest absolute Gasteiger partial charge is 0.0664 e. The summed E-state index contributed by atoms with van der Waals surface area (Å²) in [5.41, 5.74) is 10.2. The quantitative estimate of drug-likeness (QED) is 0.921. The molecule has 0 aromatic heterocycles. The van der Waals surface area contributed by atoms with Crippen LogP contribution in [0.3, 0.4) is 0 Å². The van der Waals surface area contributed by atoms with Gasteiger partial charge in [-0.3, -0.25) is 0 Å². The lowest BCUT2D eigenvalue weighted by atomic mass is 10.0. The van der Waals surface area contributed by atoms with Crippen LogP contribution in [0, 0.1) is 0 Å². The van der Waals surface area contributed by atoms with Gasteiger partial charge >= 0.3 is 0 Å². The zero-order valence-electron chi connectivity index (χ0n) is 11.8. The molecule has 1 unspecified atom stereocenters. The Labute approximate surface area is 121 Å². The normalized spacial score (nSPS) is 16.4. The van der Waals surface area contributed by atoms with Crippen molar-refractivity contribution in [2.45, 2.75) is 25.3 Å². The van der Waals surface area contributed by atoms with E-state index in [0.717, 1.165) is 6.54 Å². The molecule has 0 saturated carbocycles. The Hall–Kier alpha value is -1.80. The Morgan fingerprint density at radius 3 is 2.50 bits per heavy atom. The molecule has 3 rings (SSSR count). The second-order valence-electron chi connectivity index (χ2n) is 5.44. The standard InChI is InChI=1S/C18H22N2/c19-14-18(16-8-2-1-3-9-16)20-13-7-6-11-15-10-4-5-12-17(15)20/h1-5,8-10,12,18H,6-7,11,13-14,19H2. The third kappa shape index (κ3) is 2.56. The number of nitrogens with two attached hydrogens (primary N) is 1. The molecular weight excluding hydrogens is 244 g/mol. The molecule has 0 spiro atoms. The van der Waals surface area contributed by atoms with Gasteiger partial charge in [-0.25, -0.2) is 0 Å². The molecule has 2 aromatic rings. The molecule has 0 radical (unpaired) electrons. The van der Waals surface area contributed by atoms with Gasteiger partial charge in [-0.05, 0) is 36.5 Å². The monoisotopic (exact) mass is 266 g/mol. The van der Waals surface area contributed by atoms with Crippen LogP contribution in [0.15, 0.2) is 54.6 Å². The summed E-state index contributed by atoms with van der Waals surface area (Å²) in [6, 6.07) is 19.7. The number of rotatable bonds is 3. The van der Waals surface area contributed by atoms with Crippen molar-refractivity contribution in [1.82, 2.24) is 0 Å². The molecule has 20 heavy (non-hydrogen) atoms. The summed E-state index contributed by atoms with van der Waals surface area (Å²) >= 11 is 0. The zero-order chi connectivity index (χ0) is 13.8. The highest BCUT2D eigenvalue weighted by Gasteiger charge is 2.22. The fraction of sp³-hybridized carbons (Fsp3) is 0.333. The third-order valence-electron chi connectivity index (χ3n) is 4.18. The summed E-state index contributed by atoms with van der Waals surface area (Å²) in [6.45, 7) is 1.74. The molecule has 0 saturated heterocycles. The summed E-state index contributed by atoms with van der Waals surface area (Å²) in [6.07, 6.45) is 3.68. The number of para-hydroxylation sites is 1. The number of anilines is 1. The van der Waals surface area contributed by atoms with Crippen molar-refractivity contribution >= 4 is 5.69 Å². The van der Waals surface area contributed by atoms with Gasteiger partial charge in [0.05, 0.1) is 6.04 Å². The first-order valence-electron chi connectivity index (χ1n) is 7.49. The summed E-state index contributed by atoms with van der Waals surface area (Å²) in [7, 11) is 0. The van der Waals surface area contributed by atoms with Crippen LogP contribution in [-0.2, 0) is 6.42 Å². The topological polar surface area (TPSA) is 29.3 Å². The zero-order valence-corrected chi connectivity index (χ0v) is 11.8. The van der Waals surface area contributed by atoms with Crippen molar-refractivity contribution in [2.75, 3.05) is 18.0 Å². The molecule has 1 atom stereocenters. The number of nitrogens with zero attached hydrogens (tertiary/aromatic N) is 1. The van der Waals surface area contributed by atoms with E-state index in [-0.39, 0.29) is 6.04 Å². The lowest BCUT2D eigenvalue weighted by Crippen LogP contribution is -2.34. The predicted molar refractivity (Wildman–Crippen MR) is 85.0 cm³/mol. The van der Waals surface area contributed by atoms with Crippen molar-refractivity contribution in [1.29, 1.82) is 0 Å². The number of hydrogen-bond acceptors (Lipinski definition) is 2. The van der Waals surface area contributed by atoms with Gasteiger partial charge in [-0.15, -0.1) is 0 Å². The van der Waals surface area contributed by atoms with Gasteiger partial charge in [0.15, 0.2) is 0 Å². The van der Waals surface area contributed by atoms with E-state index in [4.69, 9.17) is 5.73 Å². The van der Waals surface area contributed by atoms with Crippen molar-refractivity contribution in [3.63, 3.8) is 0 Å². The van der Waals surface area contributed by atoms with Crippen LogP contribution in [0.4, 0.5) is 5.69 Å². The Morgan fingerprint density at radius 2 is 1.70 bits per heavy atom. The summed E-state index contributed by atoms with van der Waals surface area (Å²) in [5, 5.41) is 0.